The summed E-state index contributed by atoms with van der Waals surface area (Å²) in [6.07, 6.45) is -4.59. The van der Waals surface area contributed by atoms with E-state index in [0.717, 1.165) is 10.7 Å². The fourth-order valence-electron chi connectivity index (χ4n) is 2.33. The van der Waals surface area contributed by atoms with E-state index in [0.29, 0.717) is 15.7 Å². The molecule has 3 rings (SSSR count). The number of hydrogen-bond donors (Lipinski definition) is 1. The first kappa shape index (κ1) is 19.3. The molecule has 0 bridgehead atoms. The minimum atomic E-state index is -4.59. The largest absolute Gasteiger partial charge is 0.433 e. The van der Waals surface area contributed by atoms with Crippen LogP contribution in [-0.2, 0) is 6.18 Å². The molecule has 0 saturated heterocycles. The smallest absolute Gasteiger partial charge is 0.278 e. The average molecular weight is 413 g/mol. The number of nitrogens with one attached hydrogen (secondary N) is 1. The molecule has 9 heteroatoms. The number of alkyl halides is 3. The van der Waals surface area contributed by atoms with Crippen LogP contribution in [0.5, 0.6) is 0 Å². The number of anilines is 1. The quantitative estimate of drug-likeness (QED) is 0.419. The molecule has 0 aliphatic carbocycles. The van der Waals surface area contributed by atoms with Gasteiger partial charge in [-0.25, -0.2) is 4.68 Å². The highest BCUT2D eigenvalue weighted by atomic mass is 35.5. The number of rotatable bonds is 4. The molecule has 0 aliphatic rings. The first-order valence-corrected chi connectivity index (χ1v) is 8.49. The van der Waals surface area contributed by atoms with Gasteiger partial charge in [0.25, 0.3) is 0 Å². The van der Waals surface area contributed by atoms with Gasteiger partial charge in [-0.15, -0.1) is 0 Å². The van der Waals surface area contributed by atoms with Gasteiger partial charge in [0.1, 0.15) is 11.4 Å². The lowest BCUT2D eigenvalue weighted by Crippen LogP contribution is -2.13. The second kappa shape index (κ2) is 7.62. The maximum atomic E-state index is 13.4. The van der Waals surface area contributed by atoms with Gasteiger partial charge >= 0.3 is 6.18 Å². The van der Waals surface area contributed by atoms with Crippen LogP contribution in [-0.4, -0.2) is 15.5 Å². The highest BCUT2D eigenvalue weighted by Gasteiger charge is 2.36. The molecule has 0 aliphatic heterocycles. The number of hydrazone groups is 1. The van der Waals surface area contributed by atoms with Crippen molar-refractivity contribution in [3.8, 4) is 5.69 Å². The predicted molar refractivity (Wildman–Crippen MR) is 101 cm³/mol. The zero-order chi connectivity index (χ0) is 19.6. The van der Waals surface area contributed by atoms with E-state index in [2.05, 4.69) is 15.6 Å². The first-order chi connectivity index (χ1) is 12.7. The van der Waals surface area contributed by atoms with E-state index < -0.39 is 11.9 Å². The molecule has 0 spiro atoms. The van der Waals surface area contributed by atoms with Gasteiger partial charge < -0.3 is 0 Å². The van der Waals surface area contributed by atoms with Gasteiger partial charge in [0.15, 0.2) is 0 Å². The van der Waals surface area contributed by atoms with E-state index in [4.69, 9.17) is 23.2 Å². The Morgan fingerprint density at radius 3 is 2.33 bits per heavy atom. The average Bonchev–Trinajstić information content (AvgIpc) is 3.06. The summed E-state index contributed by atoms with van der Waals surface area (Å²) in [5.41, 5.74) is 3.00. The van der Waals surface area contributed by atoms with E-state index in [9.17, 15) is 13.2 Å². The molecule has 0 radical (unpaired) electrons. The van der Waals surface area contributed by atoms with Gasteiger partial charge in [0.05, 0.1) is 17.1 Å². The third kappa shape index (κ3) is 4.61. The second-order valence-corrected chi connectivity index (χ2v) is 6.50. The minimum Gasteiger partial charge on any atom is -0.278 e. The Balaban J connectivity index is 1.97. The molecule has 1 heterocycles. The Bertz CT molecular complexity index is 996. The first-order valence-electron chi connectivity index (χ1n) is 7.73. The molecule has 2 aromatic carbocycles. The molecule has 0 atom stereocenters. The number of aromatic nitrogens is 2. The van der Waals surface area contributed by atoms with E-state index in [-0.39, 0.29) is 17.1 Å². The molecule has 0 saturated carbocycles. The van der Waals surface area contributed by atoms with Crippen molar-refractivity contribution in [1.82, 2.24) is 9.78 Å². The number of nitrogens with zero attached hydrogens (tertiary/aromatic N) is 3. The van der Waals surface area contributed by atoms with Crippen molar-refractivity contribution in [1.29, 1.82) is 0 Å². The standard InChI is InChI=1S/C18H13Cl2F3N4/c1-11(24-25-14-6-2-4-12(19)8-14)16-10-17(18(21,22)23)27(26-16)15-7-3-5-13(20)9-15/h2-10,25H,1H3/b24-11+. The van der Waals surface area contributed by atoms with E-state index in [1.807, 2.05) is 0 Å². The molecular weight excluding hydrogens is 400 g/mol. The summed E-state index contributed by atoms with van der Waals surface area (Å²) in [5.74, 6) is 0. The van der Waals surface area contributed by atoms with Crippen LogP contribution in [0.25, 0.3) is 5.69 Å². The topological polar surface area (TPSA) is 42.2 Å². The third-order valence-electron chi connectivity index (χ3n) is 3.60. The van der Waals surface area contributed by atoms with Crippen LogP contribution in [0.1, 0.15) is 18.3 Å². The maximum absolute atomic E-state index is 13.4. The Labute approximate surface area is 163 Å². The molecule has 1 aromatic heterocycles. The summed E-state index contributed by atoms with van der Waals surface area (Å²) in [4.78, 5) is 0. The van der Waals surface area contributed by atoms with Gasteiger partial charge in [-0.3, -0.25) is 5.43 Å². The summed E-state index contributed by atoms with van der Waals surface area (Å²) < 4.78 is 41.1. The lowest BCUT2D eigenvalue weighted by molar-refractivity contribution is -0.142. The Morgan fingerprint density at radius 1 is 1.04 bits per heavy atom. The monoisotopic (exact) mass is 412 g/mol. The molecule has 0 unspecified atom stereocenters. The van der Waals surface area contributed by atoms with Crippen molar-refractivity contribution in [2.45, 2.75) is 13.1 Å². The SMILES string of the molecule is C/C(=N\Nc1cccc(Cl)c1)c1cc(C(F)(F)F)n(-c2cccc(Cl)c2)n1. The zero-order valence-corrected chi connectivity index (χ0v) is 15.4. The fraction of sp³-hybridized carbons (Fsp3) is 0.111. The second-order valence-electron chi connectivity index (χ2n) is 5.62. The van der Waals surface area contributed by atoms with E-state index >= 15 is 0 Å². The Kier molecular flexibility index (Phi) is 5.43. The summed E-state index contributed by atoms with van der Waals surface area (Å²) in [5, 5.41) is 8.97. The highest BCUT2D eigenvalue weighted by molar-refractivity contribution is 6.31. The van der Waals surface area contributed by atoms with Crippen molar-refractivity contribution in [3.05, 3.63) is 76.0 Å². The van der Waals surface area contributed by atoms with Crippen LogP contribution in [0.2, 0.25) is 10.0 Å². The molecule has 4 nitrogen and oxygen atoms in total. The minimum absolute atomic E-state index is 0.0804. The molecule has 0 fully saturated rings. The highest BCUT2D eigenvalue weighted by Crippen LogP contribution is 2.32. The molecular formula is C18H13Cl2F3N4. The summed E-state index contributed by atoms with van der Waals surface area (Å²) >= 11 is 11.8. The predicted octanol–water partition coefficient (Wildman–Crippen LogP) is 6.03. The van der Waals surface area contributed by atoms with Crippen molar-refractivity contribution >= 4 is 34.6 Å². The fourth-order valence-corrected chi connectivity index (χ4v) is 2.70. The van der Waals surface area contributed by atoms with Gasteiger partial charge in [-0.05, 0) is 49.4 Å². The summed E-state index contributed by atoms with van der Waals surface area (Å²) in [7, 11) is 0. The lowest BCUT2D eigenvalue weighted by atomic mass is 10.2. The van der Waals surface area contributed by atoms with Crippen molar-refractivity contribution in [3.63, 3.8) is 0 Å². The molecule has 3 aromatic rings. The summed E-state index contributed by atoms with van der Waals surface area (Å²) in [6, 6.07) is 13.8. The van der Waals surface area contributed by atoms with Crippen molar-refractivity contribution in [2.75, 3.05) is 5.43 Å². The molecule has 140 valence electrons. The van der Waals surface area contributed by atoms with Crippen LogP contribution in [0.3, 0.4) is 0 Å². The molecule has 1 N–H and O–H groups in total. The van der Waals surface area contributed by atoms with E-state index in [1.54, 1.807) is 43.3 Å². The Morgan fingerprint density at radius 2 is 1.70 bits per heavy atom. The maximum Gasteiger partial charge on any atom is 0.433 e. The zero-order valence-electron chi connectivity index (χ0n) is 13.9. The van der Waals surface area contributed by atoms with Crippen LogP contribution < -0.4 is 5.43 Å². The number of benzene rings is 2. The van der Waals surface area contributed by atoms with Gasteiger partial charge in [-0.1, -0.05) is 35.3 Å². The third-order valence-corrected chi connectivity index (χ3v) is 4.07. The normalized spacial score (nSPS) is 12.3. The van der Waals surface area contributed by atoms with Gasteiger partial charge in [0, 0.05) is 10.0 Å². The van der Waals surface area contributed by atoms with Gasteiger partial charge in [-0.2, -0.15) is 23.4 Å². The number of halogens is 5. The van der Waals surface area contributed by atoms with Crippen LogP contribution in [0, 0.1) is 0 Å². The lowest BCUT2D eigenvalue weighted by Gasteiger charge is -2.10. The van der Waals surface area contributed by atoms with Gasteiger partial charge in [0.2, 0.25) is 0 Å². The molecule has 0 amide bonds. The van der Waals surface area contributed by atoms with Crippen molar-refractivity contribution in [2.24, 2.45) is 5.10 Å². The molecule has 27 heavy (non-hydrogen) atoms. The summed E-state index contributed by atoms with van der Waals surface area (Å²) in [6.45, 7) is 1.56. The van der Waals surface area contributed by atoms with Crippen LogP contribution in [0.15, 0.2) is 59.7 Å². The Hall–Kier alpha value is -2.51. The number of hydrogen-bond acceptors (Lipinski definition) is 3. The van der Waals surface area contributed by atoms with Crippen LogP contribution >= 0.6 is 23.2 Å². The van der Waals surface area contributed by atoms with E-state index in [1.165, 1.54) is 12.1 Å². The van der Waals surface area contributed by atoms with Crippen LogP contribution in [0.4, 0.5) is 18.9 Å². The van der Waals surface area contributed by atoms with Crippen molar-refractivity contribution < 1.29 is 13.2 Å².